The monoisotopic (exact) mass is 384 g/mol. The van der Waals surface area contributed by atoms with Gasteiger partial charge in [0.1, 0.15) is 23.0 Å². The molecule has 0 saturated heterocycles. The van der Waals surface area contributed by atoms with Crippen molar-refractivity contribution < 1.29 is 23.2 Å². The Bertz CT molecular complexity index is 939. The van der Waals surface area contributed by atoms with Crippen LogP contribution in [0.2, 0.25) is 0 Å². The number of ether oxygens (including phenoxy) is 1. The van der Waals surface area contributed by atoms with Crippen LogP contribution in [0.5, 0.6) is 23.0 Å². The molecule has 0 aliphatic rings. The number of hydrogen-bond donors (Lipinski definition) is 1. The second-order valence-corrected chi connectivity index (χ2v) is 7.30. The second kappa shape index (κ2) is 8.30. The fourth-order valence-electron chi connectivity index (χ4n) is 2.55. The molecule has 1 N–H and O–H groups in total. The number of hydrogen-bond acceptors (Lipinski definition) is 4. The molecule has 0 heterocycles. The predicted octanol–water partition coefficient (Wildman–Crippen LogP) is 5.91. The minimum Gasteiger partial charge on any atom is -0.457 e. The van der Waals surface area contributed by atoms with E-state index in [1.165, 1.54) is 5.56 Å². The molecule has 0 amide bonds. The molecule has 0 spiro atoms. The van der Waals surface area contributed by atoms with Crippen molar-refractivity contribution in [3.8, 4) is 23.0 Å². The number of rotatable bonds is 7. The van der Waals surface area contributed by atoms with E-state index < -0.39 is 7.82 Å². The van der Waals surface area contributed by atoms with Crippen molar-refractivity contribution in [2.45, 2.75) is 20.3 Å². The zero-order chi connectivity index (χ0) is 19.3. The lowest BCUT2D eigenvalue weighted by Crippen LogP contribution is -1.99. The Morgan fingerprint density at radius 3 is 2.07 bits per heavy atom. The van der Waals surface area contributed by atoms with E-state index in [1.54, 1.807) is 54.6 Å². The Morgan fingerprint density at radius 2 is 1.44 bits per heavy atom. The summed E-state index contributed by atoms with van der Waals surface area (Å²) >= 11 is 0. The van der Waals surface area contributed by atoms with Crippen molar-refractivity contribution >= 4 is 7.82 Å². The Kier molecular flexibility index (Phi) is 5.84. The summed E-state index contributed by atoms with van der Waals surface area (Å²) in [4.78, 5) is 9.90. The van der Waals surface area contributed by atoms with Gasteiger partial charge in [0.15, 0.2) is 0 Å². The highest BCUT2D eigenvalue weighted by atomic mass is 31.2. The third kappa shape index (κ3) is 5.36. The SMILES string of the molecule is CCc1cc(C)ccc1Oc1ccc(OP(=O)(O)Oc2ccccc2)cc1. The largest absolute Gasteiger partial charge is 0.584 e. The quantitative estimate of drug-likeness (QED) is 0.513. The van der Waals surface area contributed by atoms with Crippen LogP contribution in [-0.4, -0.2) is 4.89 Å². The Balaban J connectivity index is 1.67. The summed E-state index contributed by atoms with van der Waals surface area (Å²) in [6, 6.07) is 20.9. The van der Waals surface area contributed by atoms with E-state index in [2.05, 4.69) is 13.0 Å². The molecule has 0 aromatic heterocycles. The van der Waals surface area contributed by atoms with Crippen molar-refractivity contribution in [1.29, 1.82) is 0 Å². The summed E-state index contributed by atoms with van der Waals surface area (Å²) in [5.74, 6) is 1.87. The average molecular weight is 384 g/mol. The zero-order valence-corrected chi connectivity index (χ0v) is 16.1. The molecule has 3 aromatic rings. The van der Waals surface area contributed by atoms with Gasteiger partial charge in [-0.15, -0.1) is 0 Å². The van der Waals surface area contributed by atoms with E-state index in [9.17, 15) is 9.46 Å². The fraction of sp³-hybridized carbons (Fsp3) is 0.143. The average Bonchev–Trinajstić information content (AvgIpc) is 2.65. The number of para-hydroxylation sites is 1. The maximum atomic E-state index is 12.1. The van der Waals surface area contributed by atoms with E-state index in [4.69, 9.17) is 13.8 Å². The van der Waals surface area contributed by atoms with Crippen LogP contribution in [0.3, 0.4) is 0 Å². The second-order valence-electron chi connectivity index (χ2n) is 6.00. The maximum absolute atomic E-state index is 12.1. The van der Waals surface area contributed by atoms with Crippen molar-refractivity contribution in [1.82, 2.24) is 0 Å². The van der Waals surface area contributed by atoms with Crippen molar-refractivity contribution in [3.63, 3.8) is 0 Å². The highest BCUT2D eigenvalue weighted by molar-refractivity contribution is 7.48. The van der Waals surface area contributed by atoms with Crippen LogP contribution in [0, 0.1) is 6.92 Å². The first kappa shape index (κ1) is 19.0. The van der Waals surface area contributed by atoms with Gasteiger partial charge >= 0.3 is 7.82 Å². The third-order valence-electron chi connectivity index (χ3n) is 3.83. The first-order valence-electron chi connectivity index (χ1n) is 8.59. The molecular weight excluding hydrogens is 363 g/mol. The van der Waals surface area contributed by atoms with Gasteiger partial charge in [0.2, 0.25) is 0 Å². The molecule has 6 heteroatoms. The van der Waals surface area contributed by atoms with Crippen LogP contribution >= 0.6 is 7.82 Å². The predicted molar refractivity (Wildman–Crippen MR) is 105 cm³/mol. The molecule has 1 atom stereocenters. The molecule has 0 aliphatic heterocycles. The number of benzene rings is 3. The van der Waals surface area contributed by atoms with E-state index in [0.29, 0.717) is 5.75 Å². The van der Waals surface area contributed by atoms with Gasteiger partial charge in [-0.25, -0.2) is 4.57 Å². The van der Waals surface area contributed by atoms with E-state index in [1.807, 2.05) is 19.1 Å². The molecule has 0 aliphatic carbocycles. The zero-order valence-electron chi connectivity index (χ0n) is 15.2. The number of phosphoric ester groups is 1. The maximum Gasteiger partial charge on any atom is 0.584 e. The van der Waals surface area contributed by atoms with Crippen LogP contribution in [0.4, 0.5) is 0 Å². The van der Waals surface area contributed by atoms with Gasteiger partial charge in [0.25, 0.3) is 0 Å². The van der Waals surface area contributed by atoms with E-state index >= 15 is 0 Å². The van der Waals surface area contributed by atoms with E-state index in [0.717, 1.165) is 17.7 Å². The smallest absolute Gasteiger partial charge is 0.457 e. The normalized spacial score (nSPS) is 12.9. The van der Waals surface area contributed by atoms with Gasteiger partial charge in [0, 0.05) is 0 Å². The van der Waals surface area contributed by atoms with Crippen molar-refractivity contribution in [2.75, 3.05) is 0 Å². The molecule has 27 heavy (non-hydrogen) atoms. The lowest BCUT2D eigenvalue weighted by atomic mass is 10.1. The molecule has 5 nitrogen and oxygen atoms in total. The first-order valence-corrected chi connectivity index (χ1v) is 10.1. The summed E-state index contributed by atoms with van der Waals surface area (Å²) in [6.07, 6.45) is 0.864. The van der Waals surface area contributed by atoms with Gasteiger partial charge in [-0.2, -0.15) is 0 Å². The van der Waals surface area contributed by atoms with Crippen LogP contribution in [-0.2, 0) is 11.0 Å². The number of phosphoric acid groups is 1. The third-order valence-corrected chi connectivity index (χ3v) is 4.72. The molecule has 0 radical (unpaired) electrons. The molecule has 0 fully saturated rings. The first-order chi connectivity index (χ1) is 12.9. The minimum atomic E-state index is -4.28. The van der Waals surface area contributed by atoms with Gasteiger partial charge in [0.05, 0.1) is 0 Å². The summed E-state index contributed by atoms with van der Waals surface area (Å²) in [5, 5.41) is 0. The van der Waals surface area contributed by atoms with Crippen LogP contribution in [0.15, 0.2) is 72.8 Å². The van der Waals surface area contributed by atoms with Gasteiger partial charge in [-0.1, -0.05) is 42.8 Å². The van der Waals surface area contributed by atoms with Gasteiger partial charge in [-0.05, 0) is 61.4 Å². The molecule has 3 aromatic carbocycles. The van der Waals surface area contributed by atoms with Crippen LogP contribution in [0.25, 0.3) is 0 Å². The topological polar surface area (TPSA) is 65.0 Å². The summed E-state index contributed by atoms with van der Waals surface area (Å²) in [7, 11) is -4.28. The van der Waals surface area contributed by atoms with Gasteiger partial charge in [-0.3, -0.25) is 4.89 Å². The minimum absolute atomic E-state index is 0.212. The number of aryl methyl sites for hydroxylation is 2. The lowest BCUT2D eigenvalue weighted by Gasteiger charge is -2.14. The van der Waals surface area contributed by atoms with Gasteiger partial charge < -0.3 is 13.8 Å². The fourth-order valence-corrected chi connectivity index (χ4v) is 3.36. The summed E-state index contributed by atoms with van der Waals surface area (Å²) in [5.41, 5.74) is 2.30. The molecule has 3 rings (SSSR count). The van der Waals surface area contributed by atoms with Crippen molar-refractivity contribution in [2.24, 2.45) is 0 Å². The Hall–Kier alpha value is -2.75. The molecule has 140 valence electrons. The molecular formula is C21H21O5P. The molecule has 1 unspecified atom stereocenters. The van der Waals surface area contributed by atoms with Crippen LogP contribution in [0.1, 0.15) is 18.1 Å². The highest BCUT2D eigenvalue weighted by Crippen LogP contribution is 2.44. The highest BCUT2D eigenvalue weighted by Gasteiger charge is 2.24. The lowest BCUT2D eigenvalue weighted by molar-refractivity contribution is 0.291. The van der Waals surface area contributed by atoms with Crippen molar-refractivity contribution in [3.05, 3.63) is 83.9 Å². The Labute approximate surface area is 158 Å². The molecule has 0 saturated carbocycles. The summed E-state index contributed by atoms with van der Waals surface area (Å²) in [6.45, 7) is 4.11. The van der Waals surface area contributed by atoms with Crippen LogP contribution < -0.4 is 13.8 Å². The standard InChI is InChI=1S/C21H21O5P/c1-3-17-15-16(2)9-14-21(17)24-18-10-12-20(13-11-18)26-27(22,23)25-19-7-5-4-6-8-19/h4-15H,3H2,1-2H3,(H,22,23). The Morgan fingerprint density at radius 1 is 0.852 bits per heavy atom. The van der Waals surface area contributed by atoms with E-state index in [-0.39, 0.29) is 11.5 Å². The molecule has 0 bridgehead atoms. The summed E-state index contributed by atoms with van der Waals surface area (Å²) < 4.78 is 28.2.